The van der Waals surface area contributed by atoms with E-state index in [-0.39, 0.29) is 5.97 Å². The highest BCUT2D eigenvalue weighted by Crippen LogP contribution is 2.33. The van der Waals surface area contributed by atoms with Crippen molar-refractivity contribution in [1.29, 1.82) is 0 Å². The number of thiophene rings is 1. The molecule has 1 N–H and O–H groups in total. The van der Waals surface area contributed by atoms with Gasteiger partial charge in [-0.1, -0.05) is 48.0 Å². The molecule has 0 unspecified atom stereocenters. The summed E-state index contributed by atoms with van der Waals surface area (Å²) in [5.41, 5.74) is 5.47. The van der Waals surface area contributed by atoms with Gasteiger partial charge in [-0.05, 0) is 62.2 Å². The number of nitrogens with zero attached hydrogens (tertiary/aromatic N) is 1. The number of benzene rings is 2. The van der Waals surface area contributed by atoms with Crippen molar-refractivity contribution in [2.24, 2.45) is 0 Å². The number of aryl methyl sites for hydroxylation is 2. The van der Waals surface area contributed by atoms with Gasteiger partial charge in [0.25, 0.3) is 0 Å². The molecule has 0 spiro atoms. The van der Waals surface area contributed by atoms with Gasteiger partial charge in [-0.2, -0.15) is 0 Å². The number of carbonyl (C=O) groups excluding carboxylic acids is 1. The number of carbonyl (C=O) groups is 1. The Hall–Kier alpha value is -2.70. The van der Waals surface area contributed by atoms with Crippen LogP contribution in [-0.2, 0) is 17.6 Å². The molecule has 0 atom stereocenters. The van der Waals surface area contributed by atoms with E-state index in [4.69, 9.17) is 17.0 Å². The number of anilines is 2. The fourth-order valence-electron chi connectivity index (χ4n) is 3.88. The molecule has 160 valence electrons. The normalized spacial score (nSPS) is 12.9. The number of ether oxygens (including phenoxy) is 1. The molecule has 1 aliphatic heterocycles. The first-order chi connectivity index (χ1) is 15.0. The van der Waals surface area contributed by atoms with Gasteiger partial charge in [-0.25, -0.2) is 4.79 Å². The molecule has 31 heavy (non-hydrogen) atoms. The summed E-state index contributed by atoms with van der Waals surface area (Å²) in [4.78, 5) is 15.8. The molecule has 0 saturated heterocycles. The third-order valence-corrected chi connectivity index (χ3v) is 6.69. The van der Waals surface area contributed by atoms with E-state index in [9.17, 15) is 4.79 Å². The number of thiocarbonyl (C=S) groups is 1. The number of fused-ring (bicyclic) bond motifs is 1. The van der Waals surface area contributed by atoms with Crippen LogP contribution in [0.5, 0.6) is 0 Å². The van der Waals surface area contributed by atoms with Crippen molar-refractivity contribution in [3.8, 4) is 0 Å². The van der Waals surface area contributed by atoms with E-state index < -0.39 is 0 Å². The van der Waals surface area contributed by atoms with Gasteiger partial charge >= 0.3 is 5.97 Å². The van der Waals surface area contributed by atoms with Crippen molar-refractivity contribution in [3.63, 3.8) is 0 Å². The van der Waals surface area contributed by atoms with Gasteiger partial charge in [-0.15, -0.1) is 11.3 Å². The summed E-state index contributed by atoms with van der Waals surface area (Å²) in [6.07, 6.45) is 2.87. The molecule has 0 aliphatic carbocycles. The second-order valence-electron chi connectivity index (χ2n) is 7.66. The van der Waals surface area contributed by atoms with Gasteiger partial charge in [0.1, 0.15) is 5.00 Å². The van der Waals surface area contributed by atoms with Crippen LogP contribution in [0.15, 0.2) is 54.6 Å². The lowest BCUT2D eigenvalue weighted by atomic mass is 10.00. The molecule has 2 aromatic carbocycles. The zero-order valence-electron chi connectivity index (χ0n) is 17.8. The van der Waals surface area contributed by atoms with Gasteiger partial charge in [-0.3, -0.25) is 0 Å². The topological polar surface area (TPSA) is 41.6 Å². The lowest BCUT2D eigenvalue weighted by Gasteiger charge is -2.32. The largest absolute Gasteiger partial charge is 0.462 e. The maximum atomic E-state index is 12.6. The fourth-order valence-corrected chi connectivity index (χ4v) is 5.32. The number of nitrogens with one attached hydrogen (secondary N) is 1. The molecule has 1 aliphatic rings. The van der Waals surface area contributed by atoms with Gasteiger partial charge in [0.05, 0.1) is 12.2 Å². The van der Waals surface area contributed by atoms with E-state index >= 15 is 0 Å². The maximum Gasteiger partial charge on any atom is 0.341 e. The van der Waals surface area contributed by atoms with Crippen LogP contribution in [0.1, 0.15) is 45.3 Å². The maximum absolute atomic E-state index is 12.6. The van der Waals surface area contributed by atoms with Crippen LogP contribution < -0.4 is 10.2 Å². The van der Waals surface area contributed by atoms with E-state index in [0.29, 0.717) is 17.3 Å². The third-order valence-electron chi connectivity index (χ3n) is 5.32. The average Bonchev–Trinajstić information content (AvgIpc) is 3.16. The summed E-state index contributed by atoms with van der Waals surface area (Å²) in [7, 11) is 0. The molecule has 0 saturated carbocycles. The molecular formula is C25H26N2O2S2. The third kappa shape index (κ3) is 4.97. The first-order valence-corrected chi connectivity index (χ1v) is 11.8. The Labute approximate surface area is 192 Å². The number of hydrogen-bond acceptors (Lipinski definition) is 4. The van der Waals surface area contributed by atoms with Gasteiger partial charge in [0.15, 0.2) is 5.11 Å². The smallest absolute Gasteiger partial charge is 0.341 e. The first-order valence-electron chi connectivity index (χ1n) is 10.6. The quantitative estimate of drug-likeness (QED) is 0.383. The molecular weight excluding hydrogens is 424 g/mol. The lowest BCUT2D eigenvalue weighted by Crippen LogP contribution is -2.38. The van der Waals surface area contributed by atoms with Crippen molar-refractivity contribution >= 4 is 45.3 Å². The molecule has 2 heterocycles. The Bertz CT molecular complexity index is 1090. The number of rotatable bonds is 5. The highest BCUT2D eigenvalue weighted by Gasteiger charge is 2.23. The summed E-state index contributed by atoms with van der Waals surface area (Å²) in [5.74, 6) is -0.321. The number of esters is 1. The molecule has 1 aromatic heterocycles. The van der Waals surface area contributed by atoms with Crippen molar-refractivity contribution in [1.82, 2.24) is 0 Å². The Kier molecular flexibility index (Phi) is 6.68. The SMILES string of the molecule is CCOC(=O)c1cc(Cc2ccccc2)sc1NC(=S)N1CCCc2cc(C)ccc21. The average molecular weight is 451 g/mol. The molecule has 6 heteroatoms. The molecule has 3 aromatic rings. The molecule has 0 radical (unpaired) electrons. The van der Waals surface area contributed by atoms with Crippen LogP contribution in [0.4, 0.5) is 10.7 Å². The van der Waals surface area contributed by atoms with Crippen molar-refractivity contribution in [2.45, 2.75) is 33.1 Å². The van der Waals surface area contributed by atoms with Crippen LogP contribution >= 0.6 is 23.6 Å². The molecule has 0 amide bonds. The minimum Gasteiger partial charge on any atom is -0.462 e. The van der Waals surface area contributed by atoms with Crippen LogP contribution in [0.2, 0.25) is 0 Å². The zero-order chi connectivity index (χ0) is 21.8. The second kappa shape index (κ2) is 9.62. The van der Waals surface area contributed by atoms with E-state index in [1.165, 1.54) is 16.7 Å². The predicted molar refractivity (Wildman–Crippen MR) is 133 cm³/mol. The Balaban J connectivity index is 1.60. The summed E-state index contributed by atoms with van der Waals surface area (Å²) in [5, 5.41) is 4.71. The van der Waals surface area contributed by atoms with Crippen molar-refractivity contribution in [3.05, 3.63) is 81.7 Å². The van der Waals surface area contributed by atoms with E-state index in [0.717, 1.165) is 41.4 Å². The van der Waals surface area contributed by atoms with Gasteiger partial charge in [0.2, 0.25) is 0 Å². The highest BCUT2D eigenvalue weighted by atomic mass is 32.1. The number of hydrogen-bond donors (Lipinski definition) is 1. The minimum atomic E-state index is -0.321. The second-order valence-corrected chi connectivity index (χ2v) is 9.18. The first kappa shape index (κ1) is 21.5. The Morgan fingerprint density at radius 1 is 1.19 bits per heavy atom. The zero-order valence-corrected chi connectivity index (χ0v) is 19.4. The van der Waals surface area contributed by atoms with Crippen LogP contribution in [0, 0.1) is 6.92 Å². The summed E-state index contributed by atoms with van der Waals surface area (Å²) in [6, 6.07) is 18.7. The van der Waals surface area contributed by atoms with Crippen LogP contribution in [0.3, 0.4) is 0 Å². The lowest BCUT2D eigenvalue weighted by molar-refractivity contribution is 0.0528. The molecule has 4 nitrogen and oxygen atoms in total. The van der Waals surface area contributed by atoms with Gasteiger partial charge < -0.3 is 15.0 Å². The molecule has 0 fully saturated rings. The standard InChI is InChI=1S/C25H26N2O2S2/c1-3-29-24(28)21-16-20(15-18-8-5-4-6-9-18)31-23(21)26-25(30)27-13-7-10-19-14-17(2)11-12-22(19)27/h4-6,8-9,11-12,14,16H,3,7,10,13,15H2,1-2H3,(H,26,30). The predicted octanol–water partition coefficient (Wildman–Crippen LogP) is 5.97. The van der Waals surface area contributed by atoms with Crippen molar-refractivity contribution < 1.29 is 9.53 Å². The monoisotopic (exact) mass is 450 g/mol. The summed E-state index contributed by atoms with van der Waals surface area (Å²) < 4.78 is 5.30. The molecule has 0 bridgehead atoms. The summed E-state index contributed by atoms with van der Waals surface area (Å²) in [6.45, 7) is 5.13. The Morgan fingerprint density at radius 3 is 2.77 bits per heavy atom. The summed E-state index contributed by atoms with van der Waals surface area (Å²) >= 11 is 7.34. The van der Waals surface area contributed by atoms with E-state index in [1.54, 1.807) is 11.3 Å². The van der Waals surface area contributed by atoms with E-state index in [2.05, 4.69) is 47.5 Å². The fraction of sp³-hybridized carbons (Fsp3) is 0.280. The van der Waals surface area contributed by atoms with Crippen LogP contribution in [0.25, 0.3) is 0 Å². The van der Waals surface area contributed by atoms with E-state index in [1.807, 2.05) is 31.2 Å². The van der Waals surface area contributed by atoms with Crippen LogP contribution in [-0.4, -0.2) is 24.2 Å². The van der Waals surface area contributed by atoms with Gasteiger partial charge in [0, 0.05) is 23.5 Å². The molecule has 4 rings (SSSR count). The minimum absolute atomic E-state index is 0.321. The Morgan fingerprint density at radius 2 is 2.00 bits per heavy atom. The van der Waals surface area contributed by atoms with Crippen molar-refractivity contribution in [2.75, 3.05) is 23.4 Å². The highest BCUT2D eigenvalue weighted by molar-refractivity contribution is 7.80.